The van der Waals surface area contributed by atoms with Gasteiger partial charge >= 0.3 is 35.6 Å². The zero-order chi connectivity index (χ0) is 43.1. The van der Waals surface area contributed by atoms with Crippen LogP contribution in [0.5, 0.6) is 11.5 Å². The van der Waals surface area contributed by atoms with E-state index in [1.54, 1.807) is 0 Å². The Hall–Kier alpha value is -3.91. The summed E-state index contributed by atoms with van der Waals surface area (Å²) in [4.78, 5) is 7.59. The summed E-state index contributed by atoms with van der Waals surface area (Å²) in [6.07, 6.45) is 0. The van der Waals surface area contributed by atoms with Crippen molar-refractivity contribution in [3.05, 3.63) is 177 Å². The van der Waals surface area contributed by atoms with E-state index in [1.165, 1.54) is 44.5 Å². The number of hydrogen-bond donors (Lipinski definition) is 2. The molecule has 6 aromatic carbocycles. The predicted molar refractivity (Wildman–Crippen MR) is 250 cm³/mol. The van der Waals surface area contributed by atoms with Crippen LogP contribution in [0.4, 0.5) is 0 Å². The Balaban J connectivity index is 0.00000166. The van der Waals surface area contributed by atoms with Crippen LogP contribution in [-0.4, -0.2) is 70.2 Å². The standard InChI is InChI=1S/C53H57N3O2.2ClH.Ti/c1-35(2)56-27-25-54(26-28-56)23-24-55(33-38-29-36(3)31-48(50(38)57)52(5)44-19-11-7-15-40(44)41-16-8-12-20-45(41)52)34-39-30-37(4)32-49(51(39)58)53(6)46-21-13-9-17-42(46)43-18-10-14-22-47(43)53;;;/h7-22,29-32,35,57-58H,23-28,33-34H2,1-6H3;2*1H;/q;;;+2/p-2. The van der Waals surface area contributed by atoms with Crippen molar-refractivity contribution in [1.82, 2.24) is 14.7 Å². The van der Waals surface area contributed by atoms with E-state index in [0.29, 0.717) is 30.6 Å². The Kier molecular flexibility index (Phi) is 12.9. The molecule has 1 heterocycles. The molecule has 2 aliphatic carbocycles. The second-order valence-electron chi connectivity index (χ2n) is 17.8. The third kappa shape index (κ3) is 8.02. The number of nitrogens with zero attached hydrogens (tertiary/aromatic N) is 3. The Morgan fingerprint density at radius 2 is 0.918 bits per heavy atom. The van der Waals surface area contributed by atoms with E-state index in [2.05, 4.69) is 178 Å². The van der Waals surface area contributed by atoms with Gasteiger partial charge in [-0.25, -0.2) is 0 Å². The minimum absolute atomic E-state index is 0.357. The van der Waals surface area contributed by atoms with Crippen molar-refractivity contribution in [3.8, 4) is 33.8 Å². The van der Waals surface area contributed by atoms with Gasteiger partial charge in [0.05, 0.1) is 0 Å². The zero-order valence-corrected chi connectivity index (χ0v) is 39.3. The fraction of sp³-hybridized carbons (Fsp3) is 0.321. The summed E-state index contributed by atoms with van der Waals surface area (Å²) in [7, 11) is 9.78. The molecule has 8 heteroatoms. The van der Waals surface area contributed by atoms with Gasteiger partial charge in [0.15, 0.2) is 0 Å². The van der Waals surface area contributed by atoms with Crippen molar-refractivity contribution in [2.75, 3.05) is 39.3 Å². The molecular weight excluding hydrogens is 829 g/mol. The SMILES string of the molecule is Cc1cc(CN(CCN2CCN(C(C)C)CC2)Cc2cc(C)cc(C3(C)c4ccccc4-c4ccccc43)c2O)c(O)c(C2(C)c3ccccc3-c3ccccc32)c1.[Cl][Ti][Cl]. The number of rotatable bonds is 10. The van der Waals surface area contributed by atoms with E-state index in [9.17, 15) is 10.2 Å². The van der Waals surface area contributed by atoms with E-state index in [0.717, 1.165) is 72.6 Å². The maximum atomic E-state index is 12.5. The topological polar surface area (TPSA) is 50.2 Å². The molecular formula is C53H57Cl2N3O2Ti. The number of hydrogen-bond acceptors (Lipinski definition) is 5. The first-order chi connectivity index (χ1) is 29.4. The van der Waals surface area contributed by atoms with E-state index >= 15 is 0 Å². The van der Waals surface area contributed by atoms with Gasteiger partial charge in [0, 0.05) is 91.5 Å². The Labute approximate surface area is 379 Å². The Bertz CT molecular complexity index is 2300. The van der Waals surface area contributed by atoms with Crippen LogP contribution in [-0.2, 0) is 41.0 Å². The third-order valence-corrected chi connectivity index (χ3v) is 13.8. The minimum atomic E-state index is -0.556. The first kappa shape index (κ1) is 43.7. The summed E-state index contributed by atoms with van der Waals surface area (Å²) in [5, 5.41) is 25.0. The third-order valence-electron chi connectivity index (χ3n) is 13.8. The molecule has 0 spiro atoms. The normalized spacial score (nSPS) is 16.1. The first-order valence-corrected chi connectivity index (χ1v) is 25.9. The van der Waals surface area contributed by atoms with Crippen molar-refractivity contribution in [3.63, 3.8) is 0 Å². The fourth-order valence-electron chi connectivity index (χ4n) is 10.7. The predicted octanol–water partition coefficient (Wildman–Crippen LogP) is 11.8. The molecule has 0 unspecified atom stereocenters. The van der Waals surface area contributed by atoms with Crippen molar-refractivity contribution in [2.24, 2.45) is 0 Å². The molecule has 0 aromatic heterocycles. The van der Waals surface area contributed by atoms with Crippen molar-refractivity contribution >= 4 is 18.6 Å². The number of aromatic hydroxyl groups is 2. The number of fused-ring (bicyclic) bond motifs is 6. The van der Waals surface area contributed by atoms with Crippen LogP contribution in [0.1, 0.15) is 83.3 Å². The van der Waals surface area contributed by atoms with Gasteiger partial charge in [0.2, 0.25) is 0 Å². The van der Waals surface area contributed by atoms with Crippen molar-refractivity contribution in [1.29, 1.82) is 0 Å². The monoisotopic (exact) mass is 885 g/mol. The molecule has 1 saturated heterocycles. The molecule has 0 atom stereocenters. The Morgan fingerprint density at radius 3 is 1.26 bits per heavy atom. The second-order valence-corrected chi connectivity index (χ2v) is 20.4. The molecule has 2 N–H and O–H groups in total. The molecule has 0 amide bonds. The first-order valence-electron chi connectivity index (χ1n) is 21.6. The quantitative estimate of drug-likeness (QED) is 0.134. The van der Waals surface area contributed by atoms with Crippen LogP contribution in [0.3, 0.4) is 0 Å². The number of halogens is 2. The number of benzene rings is 6. The summed E-state index contributed by atoms with van der Waals surface area (Å²) < 4.78 is 0. The van der Waals surface area contributed by atoms with Crippen molar-refractivity contribution < 1.29 is 27.2 Å². The van der Waals surface area contributed by atoms with Gasteiger partial charge in [-0.1, -0.05) is 132 Å². The zero-order valence-electron chi connectivity index (χ0n) is 36.3. The molecule has 3 aliphatic rings. The van der Waals surface area contributed by atoms with Crippen molar-refractivity contribution in [2.45, 2.75) is 71.5 Å². The van der Waals surface area contributed by atoms with Gasteiger partial charge in [0.1, 0.15) is 11.5 Å². The van der Waals surface area contributed by atoms with Gasteiger partial charge in [-0.3, -0.25) is 14.7 Å². The number of piperazine rings is 1. The molecule has 61 heavy (non-hydrogen) atoms. The van der Waals surface area contributed by atoms with E-state index in [-0.39, 0.29) is 0 Å². The van der Waals surface area contributed by atoms with Crippen LogP contribution >= 0.6 is 18.6 Å². The van der Waals surface area contributed by atoms with Crippen LogP contribution in [0, 0.1) is 13.8 Å². The number of phenolic OH excluding ortho intramolecular Hbond substituents is 2. The molecule has 6 aromatic rings. The molecule has 5 nitrogen and oxygen atoms in total. The van der Waals surface area contributed by atoms with Gasteiger partial charge in [-0.15, -0.1) is 0 Å². The van der Waals surface area contributed by atoms with Crippen LogP contribution in [0.2, 0.25) is 0 Å². The van der Waals surface area contributed by atoms with Gasteiger partial charge in [-0.05, 0) is 86.1 Å². The molecule has 1 aliphatic heterocycles. The van der Waals surface area contributed by atoms with Gasteiger partial charge in [-0.2, -0.15) is 0 Å². The van der Waals surface area contributed by atoms with Crippen LogP contribution in [0.25, 0.3) is 22.3 Å². The summed E-state index contributed by atoms with van der Waals surface area (Å²) in [6, 6.07) is 43.9. The summed E-state index contributed by atoms with van der Waals surface area (Å²) in [5.74, 6) is 0.715. The molecule has 9 rings (SSSR count). The molecule has 314 valence electrons. The molecule has 0 bridgehead atoms. The van der Waals surface area contributed by atoms with Crippen LogP contribution in [0.15, 0.2) is 121 Å². The van der Waals surface area contributed by atoms with E-state index in [4.69, 9.17) is 18.6 Å². The second kappa shape index (κ2) is 18.1. The van der Waals surface area contributed by atoms with Gasteiger partial charge < -0.3 is 10.2 Å². The average Bonchev–Trinajstić information content (AvgIpc) is 3.68. The maximum absolute atomic E-state index is 12.5. The fourth-order valence-corrected chi connectivity index (χ4v) is 10.7. The summed E-state index contributed by atoms with van der Waals surface area (Å²) in [6.45, 7) is 20.5. The van der Waals surface area contributed by atoms with Crippen LogP contribution < -0.4 is 0 Å². The Morgan fingerprint density at radius 1 is 0.574 bits per heavy atom. The molecule has 0 radical (unpaired) electrons. The number of phenols is 2. The summed E-state index contributed by atoms with van der Waals surface area (Å²) >= 11 is -0.556. The molecule has 0 saturated carbocycles. The van der Waals surface area contributed by atoms with E-state index < -0.39 is 27.9 Å². The van der Waals surface area contributed by atoms with E-state index in [1.807, 2.05) is 0 Å². The van der Waals surface area contributed by atoms with Gasteiger partial charge in [0.25, 0.3) is 0 Å². The summed E-state index contributed by atoms with van der Waals surface area (Å²) in [5.41, 5.74) is 14.8. The number of aryl methyl sites for hydroxylation is 2. The molecule has 1 fully saturated rings. The average molecular weight is 887 g/mol.